The highest BCUT2D eigenvalue weighted by molar-refractivity contribution is 7.71. The number of hydrogen-bond acceptors (Lipinski definition) is 4. The largest absolute Gasteiger partial charge is 0.478 e. The molecule has 0 aliphatic carbocycles. The minimum atomic E-state index is -0.961. The molecule has 6 nitrogen and oxygen atoms in total. The number of nitrogens with zero attached hydrogens (tertiary/aromatic N) is 3. The molecule has 0 radical (unpaired) electrons. The molecule has 0 aliphatic rings. The number of aromatic carboxylic acids is 1. The SMILES string of the molecule is Cc1cccc(-c2n[nH]c(=S)n2/N=C/c2ccc(C(=O)O)cc2)c1. The normalized spacial score (nSPS) is 11.0. The van der Waals surface area contributed by atoms with E-state index in [9.17, 15) is 4.79 Å². The third-order valence-corrected chi connectivity index (χ3v) is 3.67. The molecule has 24 heavy (non-hydrogen) atoms. The summed E-state index contributed by atoms with van der Waals surface area (Å²) in [6.07, 6.45) is 1.61. The molecule has 7 heteroatoms. The molecule has 0 atom stereocenters. The number of aryl methyl sites for hydroxylation is 1. The van der Waals surface area contributed by atoms with E-state index in [1.165, 1.54) is 16.8 Å². The Bertz CT molecular complexity index is 971. The van der Waals surface area contributed by atoms with Gasteiger partial charge < -0.3 is 5.11 Å². The Hall–Kier alpha value is -3.06. The van der Waals surface area contributed by atoms with Crippen molar-refractivity contribution in [1.82, 2.24) is 14.9 Å². The standard InChI is InChI=1S/C17H14N4O2S/c1-11-3-2-4-14(9-11)15-19-20-17(24)21(15)18-10-12-5-7-13(8-6-12)16(22)23/h2-10H,1H3,(H,20,24)(H,22,23)/b18-10+. The molecule has 0 unspecified atom stereocenters. The second-order valence-electron chi connectivity index (χ2n) is 5.21. The van der Waals surface area contributed by atoms with Crippen molar-refractivity contribution < 1.29 is 9.90 Å². The molecule has 0 bridgehead atoms. The zero-order valence-electron chi connectivity index (χ0n) is 12.8. The van der Waals surface area contributed by atoms with Crippen molar-refractivity contribution in [1.29, 1.82) is 0 Å². The van der Waals surface area contributed by atoms with Crippen molar-refractivity contribution in [3.05, 3.63) is 70.0 Å². The van der Waals surface area contributed by atoms with Gasteiger partial charge in [-0.1, -0.05) is 35.9 Å². The van der Waals surface area contributed by atoms with Crippen LogP contribution in [0.1, 0.15) is 21.5 Å². The first-order valence-electron chi connectivity index (χ1n) is 7.17. The number of carboxylic acid groups (broad SMARTS) is 1. The van der Waals surface area contributed by atoms with Crippen LogP contribution in [0.25, 0.3) is 11.4 Å². The van der Waals surface area contributed by atoms with Crippen LogP contribution in [0.4, 0.5) is 0 Å². The molecular weight excluding hydrogens is 324 g/mol. The molecular formula is C17H14N4O2S. The maximum absolute atomic E-state index is 10.9. The molecule has 1 heterocycles. The fraction of sp³-hybridized carbons (Fsp3) is 0.0588. The topological polar surface area (TPSA) is 83.3 Å². The molecule has 1 aromatic heterocycles. The molecule has 2 aromatic carbocycles. The van der Waals surface area contributed by atoms with Crippen molar-refractivity contribution in [2.24, 2.45) is 5.10 Å². The van der Waals surface area contributed by atoms with E-state index in [1.54, 1.807) is 18.3 Å². The first-order valence-corrected chi connectivity index (χ1v) is 7.57. The summed E-state index contributed by atoms with van der Waals surface area (Å²) in [4.78, 5) is 10.9. The highest BCUT2D eigenvalue weighted by Crippen LogP contribution is 2.18. The maximum Gasteiger partial charge on any atom is 0.335 e. The van der Waals surface area contributed by atoms with Gasteiger partial charge in [-0.25, -0.2) is 9.89 Å². The van der Waals surface area contributed by atoms with Crippen LogP contribution in [0.5, 0.6) is 0 Å². The Morgan fingerprint density at radius 1 is 1.29 bits per heavy atom. The second kappa shape index (κ2) is 6.59. The van der Waals surface area contributed by atoms with Gasteiger partial charge in [0.1, 0.15) is 0 Å². The highest BCUT2D eigenvalue weighted by atomic mass is 32.1. The highest BCUT2D eigenvalue weighted by Gasteiger charge is 2.08. The molecule has 3 rings (SSSR count). The van der Waals surface area contributed by atoms with Crippen LogP contribution in [0, 0.1) is 11.7 Å². The number of benzene rings is 2. The van der Waals surface area contributed by atoms with Gasteiger partial charge in [0.05, 0.1) is 11.8 Å². The Labute approximate surface area is 143 Å². The van der Waals surface area contributed by atoms with E-state index < -0.39 is 5.97 Å². The zero-order chi connectivity index (χ0) is 17.1. The number of H-pyrrole nitrogens is 1. The van der Waals surface area contributed by atoms with Crippen molar-refractivity contribution in [3.63, 3.8) is 0 Å². The lowest BCUT2D eigenvalue weighted by molar-refractivity contribution is 0.0697. The lowest BCUT2D eigenvalue weighted by atomic mass is 10.1. The van der Waals surface area contributed by atoms with Crippen molar-refractivity contribution >= 4 is 24.4 Å². The second-order valence-corrected chi connectivity index (χ2v) is 5.59. The summed E-state index contributed by atoms with van der Waals surface area (Å²) in [5.41, 5.74) is 3.01. The van der Waals surface area contributed by atoms with Gasteiger partial charge in [0.2, 0.25) is 4.77 Å². The number of carboxylic acids is 1. The Kier molecular flexibility index (Phi) is 4.35. The van der Waals surface area contributed by atoms with Crippen molar-refractivity contribution in [2.45, 2.75) is 6.92 Å². The molecule has 0 spiro atoms. The van der Waals surface area contributed by atoms with Crippen LogP contribution in [-0.2, 0) is 0 Å². The van der Waals surface area contributed by atoms with E-state index in [1.807, 2.05) is 31.2 Å². The molecule has 120 valence electrons. The van der Waals surface area contributed by atoms with Gasteiger partial charge in [0.25, 0.3) is 0 Å². The van der Waals surface area contributed by atoms with Gasteiger partial charge in [0, 0.05) is 5.56 Å². The summed E-state index contributed by atoms with van der Waals surface area (Å²) in [6, 6.07) is 14.3. The quantitative estimate of drug-likeness (QED) is 0.563. The fourth-order valence-corrected chi connectivity index (χ4v) is 2.39. The summed E-state index contributed by atoms with van der Waals surface area (Å²) < 4.78 is 1.92. The van der Waals surface area contributed by atoms with Crippen molar-refractivity contribution in [3.8, 4) is 11.4 Å². The first-order chi connectivity index (χ1) is 11.5. The minimum Gasteiger partial charge on any atom is -0.478 e. The Morgan fingerprint density at radius 2 is 2.04 bits per heavy atom. The summed E-state index contributed by atoms with van der Waals surface area (Å²) in [5.74, 6) is -0.348. The van der Waals surface area contributed by atoms with Crippen LogP contribution < -0.4 is 0 Å². The summed E-state index contributed by atoms with van der Waals surface area (Å²) in [5, 5.41) is 20.2. The fourth-order valence-electron chi connectivity index (χ4n) is 2.21. The molecule has 0 amide bonds. The third kappa shape index (κ3) is 3.31. The number of aromatic amines is 1. The maximum atomic E-state index is 10.9. The van der Waals surface area contributed by atoms with Crippen LogP contribution in [0.2, 0.25) is 0 Å². The van der Waals surface area contributed by atoms with E-state index in [4.69, 9.17) is 17.3 Å². The first kappa shape index (κ1) is 15.8. The van der Waals surface area contributed by atoms with Crippen LogP contribution in [0.15, 0.2) is 53.6 Å². The number of nitrogens with one attached hydrogen (secondary N) is 1. The molecule has 0 fully saturated rings. The van der Waals surface area contributed by atoms with E-state index >= 15 is 0 Å². The predicted molar refractivity (Wildman–Crippen MR) is 94.0 cm³/mol. The number of aromatic nitrogens is 3. The Morgan fingerprint density at radius 3 is 2.71 bits per heavy atom. The average molecular weight is 338 g/mol. The summed E-state index contributed by atoms with van der Waals surface area (Å²) in [6.45, 7) is 2.00. The van der Waals surface area contributed by atoms with Crippen LogP contribution >= 0.6 is 12.2 Å². The van der Waals surface area contributed by atoms with Gasteiger partial charge >= 0.3 is 5.97 Å². The van der Waals surface area contributed by atoms with Gasteiger partial charge in [0.15, 0.2) is 5.82 Å². The lowest BCUT2D eigenvalue weighted by Gasteiger charge is -2.02. The van der Waals surface area contributed by atoms with Gasteiger partial charge in [-0.3, -0.25) is 0 Å². The third-order valence-electron chi connectivity index (χ3n) is 3.41. The van der Waals surface area contributed by atoms with Gasteiger partial charge in [-0.2, -0.15) is 14.9 Å². The van der Waals surface area contributed by atoms with Gasteiger partial charge in [-0.05, 0) is 42.9 Å². The smallest absolute Gasteiger partial charge is 0.335 e. The van der Waals surface area contributed by atoms with Crippen LogP contribution in [0.3, 0.4) is 0 Å². The molecule has 2 N–H and O–H groups in total. The molecule has 0 saturated heterocycles. The number of carbonyl (C=O) groups is 1. The molecule has 0 saturated carbocycles. The summed E-state index contributed by atoms with van der Waals surface area (Å²) in [7, 11) is 0. The Balaban J connectivity index is 1.94. The predicted octanol–water partition coefficient (Wildman–Crippen LogP) is 3.50. The minimum absolute atomic E-state index is 0.229. The van der Waals surface area contributed by atoms with E-state index in [0.717, 1.165) is 16.7 Å². The number of hydrogen-bond donors (Lipinski definition) is 2. The number of rotatable bonds is 4. The van der Waals surface area contributed by atoms with Crippen LogP contribution in [-0.4, -0.2) is 32.2 Å². The van der Waals surface area contributed by atoms with E-state index in [2.05, 4.69) is 15.3 Å². The average Bonchev–Trinajstić information content (AvgIpc) is 2.94. The summed E-state index contributed by atoms with van der Waals surface area (Å²) >= 11 is 5.23. The zero-order valence-corrected chi connectivity index (χ0v) is 13.6. The monoisotopic (exact) mass is 338 g/mol. The van der Waals surface area contributed by atoms with E-state index in [-0.39, 0.29) is 5.56 Å². The molecule has 0 aliphatic heterocycles. The van der Waals surface area contributed by atoms with Crippen molar-refractivity contribution in [2.75, 3.05) is 0 Å². The molecule has 3 aromatic rings. The van der Waals surface area contributed by atoms with E-state index in [0.29, 0.717) is 10.6 Å². The van der Waals surface area contributed by atoms with Gasteiger partial charge in [-0.15, -0.1) is 0 Å². The lowest BCUT2D eigenvalue weighted by Crippen LogP contribution is -1.97.